The molecule has 0 radical (unpaired) electrons. The molecule has 4 rings (SSSR count). The van der Waals surface area contributed by atoms with Crippen molar-refractivity contribution in [1.82, 2.24) is 19.0 Å². The fourth-order valence-electron chi connectivity index (χ4n) is 3.08. The molecule has 1 aliphatic heterocycles. The van der Waals surface area contributed by atoms with Gasteiger partial charge < -0.3 is 4.90 Å². The van der Waals surface area contributed by atoms with Gasteiger partial charge in [-0.05, 0) is 36.5 Å². The third-order valence-corrected chi connectivity index (χ3v) is 5.44. The van der Waals surface area contributed by atoms with Gasteiger partial charge in [-0.3, -0.25) is 4.40 Å². The van der Waals surface area contributed by atoms with Gasteiger partial charge in [-0.2, -0.15) is 9.64 Å². The highest BCUT2D eigenvalue weighted by molar-refractivity contribution is 7.10. The average molecular weight is 345 g/mol. The second-order valence-corrected chi connectivity index (χ2v) is 6.65. The van der Waals surface area contributed by atoms with E-state index in [0.29, 0.717) is 10.7 Å². The molecule has 1 unspecified atom stereocenters. The van der Waals surface area contributed by atoms with Crippen LogP contribution in [-0.4, -0.2) is 32.1 Å². The Balaban J connectivity index is 1.66. The first kappa shape index (κ1) is 14.4. The van der Waals surface area contributed by atoms with Gasteiger partial charge in [0.05, 0.1) is 0 Å². The average Bonchev–Trinajstić information content (AvgIpc) is 3.18. The van der Waals surface area contributed by atoms with Crippen molar-refractivity contribution in [2.45, 2.75) is 18.8 Å². The quantitative estimate of drug-likeness (QED) is 0.714. The molecule has 0 bridgehead atoms. The maximum atomic E-state index is 9.29. The number of hydrogen-bond donors (Lipinski definition) is 0. The van der Waals surface area contributed by atoms with Gasteiger partial charge in [-0.15, -0.1) is 10.2 Å². The van der Waals surface area contributed by atoms with Gasteiger partial charge in [0.1, 0.15) is 22.5 Å². The van der Waals surface area contributed by atoms with Crippen molar-refractivity contribution in [2.24, 2.45) is 0 Å². The first-order valence-electron chi connectivity index (χ1n) is 7.38. The maximum Gasteiger partial charge on any atom is 0.162 e. The Labute approximate surface area is 142 Å². The largest absolute Gasteiger partial charge is 0.360 e. The van der Waals surface area contributed by atoms with Crippen LogP contribution in [0.4, 0.5) is 5.00 Å². The number of nitrogens with zero attached hydrogens (tertiary/aromatic N) is 6. The monoisotopic (exact) mass is 344 g/mol. The number of rotatable bonds is 2. The number of aromatic nitrogens is 4. The van der Waals surface area contributed by atoms with E-state index < -0.39 is 0 Å². The second-order valence-electron chi connectivity index (χ2n) is 5.54. The van der Waals surface area contributed by atoms with Crippen LogP contribution in [0.5, 0.6) is 0 Å². The summed E-state index contributed by atoms with van der Waals surface area (Å²) in [6.07, 6.45) is 4.08. The lowest BCUT2D eigenvalue weighted by molar-refractivity contribution is 0.490. The van der Waals surface area contributed by atoms with Gasteiger partial charge >= 0.3 is 0 Å². The molecule has 0 spiro atoms. The molecule has 116 valence electrons. The Morgan fingerprint density at radius 1 is 1.35 bits per heavy atom. The van der Waals surface area contributed by atoms with Crippen LogP contribution in [0.1, 0.15) is 30.1 Å². The van der Waals surface area contributed by atoms with Crippen LogP contribution in [0.2, 0.25) is 5.15 Å². The lowest BCUT2D eigenvalue weighted by Crippen LogP contribution is -2.35. The van der Waals surface area contributed by atoms with Crippen molar-refractivity contribution in [3.05, 3.63) is 40.9 Å². The first-order chi connectivity index (χ1) is 11.3. The number of hydrogen-bond acceptors (Lipinski definition) is 6. The number of nitriles is 1. The van der Waals surface area contributed by atoms with Gasteiger partial charge in [0, 0.05) is 25.2 Å². The third-order valence-electron chi connectivity index (χ3n) is 4.16. The fourth-order valence-corrected chi connectivity index (χ4v) is 4.15. The molecule has 3 aromatic rings. The number of fused-ring (bicyclic) bond motifs is 1. The minimum Gasteiger partial charge on any atom is -0.360 e. The molecule has 8 heteroatoms. The van der Waals surface area contributed by atoms with Gasteiger partial charge in [0.25, 0.3) is 0 Å². The summed E-state index contributed by atoms with van der Waals surface area (Å²) >= 11 is 7.29. The summed E-state index contributed by atoms with van der Waals surface area (Å²) in [7, 11) is 0. The fraction of sp³-hybridized carbons (Fsp3) is 0.333. The molecular formula is C15H13ClN6S. The predicted octanol–water partition coefficient (Wildman–Crippen LogP) is 3.09. The van der Waals surface area contributed by atoms with E-state index in [-0.39, 0.29) is 5.92 Å². The standard InChI is InChI=1S/C15H13ClN6S/c16-13-11(8-17)15(23-20-13)21-6-3-4-10(9-21)14-19-18-12-5-1-2-7-22(12)14/h1-2,5,7,10H,3-4,6,9H2. The molecular weight excluding hydrogens is 332 g/mol. The molecule has 1 saturated heterocycles. The number of pyridine rings is 1. The van der Waals surface area contributed by atoms with Crippen molar-refractivity contribution in [3.8, 4) is 6.07 Å². The second kappa shape index (κ2) is 5.80. The minimum atomic E-state index is 0.272. The molecule has 3 aromatic heterocycles. The molecule has 6 nitrogen and oxygen atoms in total. The van der Waals surface area contributed by atoms with Crippen molar-refractivity contribution in [1.29, 1.82) is 5.26 Å². The smallest absolute Gasteiger partial charge is 0.162 e. The molecule has 1 aliphatic rings. The van der Waals surface area contributed by atoms with Crippen LogP contribution >= 0.6 is 23.1 Å². The highest BCUT2D eigenvalue weighted by Crippen LogP contribution is 2.36. The summed E-state index contributed by atoms with van der Waals surface area (Å²) in [6.45, 7) is 1.70. The summed E-state index contributed by atoms with van der Waals surface area (Å²) in [5.41, 5.74) is 1.33. The molecule has 0 aliphatic carbocycles. The summed E-state index contributed by atoms with van der Waals surface area (Å²) < 4.78 is 6.15. The zero-order valence-corrected chi connectivity index (χ0v) is 13.8. The zero-order chi connectivity index (χ0) is 15.8. The molecule has 1 fully saturated rings. The van der Waals surface area contributed by atoms with Crippen LogP contribution < -0.4 is 4.90 Å². The Bertz CT molecular complexity index is 895. The highest BCUT2D eigenvalue weighted by Gasteiger charge is 2.28. The van der Waals surface area contributed by atoms with E-state index in [4.69, 9.17) is 11.6 Å². The van der Waals surface area contributed by atoms with Gasteiger partial charge in [-0.25, -0.2) is 0 Å². The van der Waals surface area contributed by atoms with Crippen molar-refractivity contribution in [3.63, 3.8) is 0 Å². The summed E-state index contributed by atoms with van der Waals surface area (Å²) in [4.78, 5) is 2.19. The molecule has 0 saturated carbocycles. The summed E-state index contributed by atoms with van der Waals surface area (Å²) in [6, 6.07) is 8.05. The molecule has 23 heavy (non-hydrogen) atoms. The van der Waals surface area contributed by atoms with Gasteiger partial charge in [0.15, 0.2) is 10.8 Å². The zero-order valence-electron chi connectivity index (χ0n) is 12.2. The Kier molecular flexibility index (Phi) is 3.63. The molecule has 4 heterocycles. The summed E-state index contributed by atoms with van der Waals surface area (Å²) in [5.74, 6) is 1.24. The Hall–Kier alpha value is -2.17. The van der Waals surface area contributed by atoms with Crippen molar-refractivity contribution >= 4 is 33.8 Å². The minimum absolute atomic E-state index is 0.272. The maximum absolute atomic E-state index is 9.29. The Morgan fingerprint density at radius 3 is 3.13 bits per heavy atom. The third kappa shape index (κ3) is 2.44. The SMILES string of the molecule is N#Cc1c(Cl)nsc1N1CCCC(c2nnc3ccccn23)C1. The van der Waals surface area contributed by atoms with Crippen LogP contribution in [0.25, 0.3) is 5.65 Å². The lowest BCUT2D eigenvalue weighted by atomic mass is 9.97. The van der Waals surface area contributed by atoms with E-state index in [0.717, 1.165) is 42.4 Å². The van der Waals surface area contributed by atoms with E-state index >= 15 is 0 Å². The van der Waals surface area contributed by atoms with Crippen molar-refractivity contribution in [2.75, 3.05) is 18.0 Å². The Morgan fingerprint density at radius 2 is 2.26 bits per heavy atom. The van der Waals surface area contributed by atoms with Gasteiger partial charge in [0.2, 0.25) is 0 Å². The number of anilines is 1. The summed E-state index contributed by atoms with van der Waals surface area (Å²) in [5, 5.41) is 19.1. The lowest BCUT2D eigenvalue weighted by Gasteiger charge is -2.32. The first-order valence-corrected chi connectivity index (χ1v) is 8.53. The van der Waals surface area contributed by atoms with Crippen LogP contribution in [0.3, 0.4) is 0 Å². The number of halogens is 1. The van der Waals surface area contributed by atoms with E-state index in [1.165, 1.54) is 11.5 Å². The van der Waals surface area contributed by atoms with Crippen LogP contribution in [-0.2, 0) is 0 Å². The van der Waals surface area contributed by atoms with Gasteiger partial charge in [-0.1, -0.05) is 17.7 Å². The number of piperidine rings is 1. The molecule has 0 amide bonds. The molecule has 1 atom stereocenters. The van der Waals surface area contributed by atoms with E-state index in [1.807, 2.05) is 28.8 Å². The van der Waals surface area contributed by atoms with E-state index in [2.05, 4.69) is 25.5 Å². The predicted molar refractivity (Wildman–Crippen MR) is 89.0 cm³/mol. The molecule has 0 N–H and O–H groups in total. The van der Waals surface area contributed by atoms with E-state index in [1.54, 1.807) is 0 Å². The van der Waals surface area contributed by atoms with E-state index in [9.17, 15) is 5.26 Å². The van der Waals surface area contributed by atoms with Crippen molar-refractivity contribution < 1.29 is 0 Å². The topological polar surface area (TPSA) is 70.1 Å². The van der Waals surface area contributed by atoms with Crippen LogP contribution in [0.15, 0.2) is 24.4 Å². The highest BCUT2D eigenvalue weighted by atomic mass is 35.5. The van der Waals surface area contributed by atoms with Crippen LogP contribution in [0, 0.1) is 11.3 Å². The molecule has 0 aromatic carbocycles. The normalized spacial score (nSPS) is 18.3.